The van der Waals surface area contributed by atoms with Crippen molar-refractivity contribution in [1.82, 2.24) is 5.32 Å². The van der Waals surface area contributed by atoms with Crippen molar-refractivity contribution in [2.24, 2.45) is 0 Å². The number of sulfonamides is 1. The fourth-order valence-corrected chi connectivity index (χ4v) is 2.91. The molecule has 1 unspecified atom stereocenters. The van der Waals surface area contributed by atoms with Crippen LogP contribution in [0.4, 0.5) is 5.69 Å². The number of ether oxygens (including phenoxy) is 1. The molecule has 0 aliphatic carbocycles. The van der Waals surface area contributed by atoms with Crippen LogP contribution in [-0.2, 0) is 10.0 Å². The van der Waals surface area contributed by atoms with Gasteiger partial charge in [-0.3, -0.25) is 4.72 Å². The fraction of sp³-hybridized carbons (Fsp3) is 0.500. The topological polar surface area (TPSA) is 67.4 Å². The monoisotopic (exact) mass is 350 g/mol. The molecule has 0 radical (unpaired) electrons. The third kappa shape index (κ3) is 4.67. The highest BCUT2D eigenvalue weighted by Gasteiger charge is 2.21. The highest BCUT2D eigenvalue weighted by atomic mass is 79.9. The number of anilines is 1. The van der Waals surface area contributed by atoms with Gasteiger partial charge < -0.3 is 10.1 Å². The molecule has 0 heterocycles. The molecule has 0 fully saturated rings. The molecule has 0 aliphatic heterocycles. The van der Waals surface area contributed by atoms with Crippen LogP contribution in [0.25, 0.3) is 0 Å². The summed E-state index contributed by atoms with van der Waals surface area (Å²) in [6.07, 6.45) is 0. The van der Waals surface area contributed by atoms with Crippen LogP contribution in [0.2, 0.25) is 0 Å². The van der Waals surface area contributed by atoms with E-state index in [0.29, 0.717) is 22.5 Å². The molecular formula is C12H19BrN2O3S. The van der Waals surface area contributed by atoms with E-state index in [1.54, 1.807) is 25.1 Å². The zero-order valence-corrected chi connectivity index (χ0v) is 13.6. The van der Waals surface area contributed by atoms with E-state index in [1.165, 1.54) is 7.11 Å². The molecule has 1 aromatic rings. The van der Waals surface area contributed by atoms with Crippen LogP contribution in [0.15, 0.2) is 22.7 Å². The Morgan fingerprint density at radius 3 is 2.68 bits per heavy atom. The summed E-state index contributed by atoms with van der Waals surface area (Å²) in [7, 11) is -1.89. The molecule has 0 bridgehead atoms. The quantitative estimate of drug-likeness (QED) is 0.790. The van der Waals surface area contributed by atoms with E-state index in [9.17, 15) is 8.42 Å². The van der Waals surface area contributed by atoms with Crippen LogP contribution in [0.3, 0.4) is 0 Å². The first-order valence-electron chi connectivity index (χ1n) is 5.96. The van der Waals surface area contributed by atoms with Gasteiger partial charge in [-0.05, 0) is 41.5 Å². The van der Waals surface area contributed by atoms with Gasteiger partial charge in [-0.1, -0.05) is 6.92 Å². The lowest BCUT2D eigenvalue weighted by Gasteiger charge is -2.16. The van der Waals surface area contributed by atoms with Gasteiger partial charge in [0.1, 0.15) is 5.75 Å². The first-order chi connectivity index (χ1) is 8.90. The minimum atomic E-state index is -3.43. The second-order valence-corrected chi connectivity index (χ2v) is 7.06. The molecule has 19 heavy (non-hydrogen) atoms. The molecule has 5 nitrogen and oxygen atoms in total. The van der Waals surface area contributed by atoms with Crippen LogP contribution < -0.4 is 14.8 Å². The van der Waals surface area contributed by atoms with Gasteiger partial charge in [-0.25, -0.2) is 8.42 Å². The Hall–Kier alpha value is -0.790. The molecule has 108 valence electrons. The Morgan fingerprint density at radius 1 is 1.42 bits per heavy atom. The molecule has 0 aliphatic rings. The second kappa shape index (κ2) is 7.12. The standard InChI is InChI=1S/C12H19BrN2O3S/c1-4-14-8-9(2)19(16,17)15-12-7-10(18-3)5-6-11(12)13/h5-7,9,14-15H,4,8H2,1-3H3. The Kier molecular flexibility index (Phi) is 6.09. The Bertz CT molecular complexity index is 520. The molecule has 1 aromatic carbocycles. The maximum Gasteiger partial charge on any atom is 0.236 e. The number of halogens is 1. The zero-order chi connectivity index (χ0) is 14.5. The summed E-state index contributed by atoms with van der Waals surface area (Å²) in [6, 6.07) is 5.14. The van der Waals surface area contributed by atoms with Crippen LogP contribution >= 0.6 is 15.9 Å². The third-order valence-corrected chi connectivity index (χ3v) is 5.06. The SMILES string of the molecule is CCNCC(C)S(=O)(=O)Nc1cc(OC)ccc1Br. The molecule has 1 rings (SSSR count). The molecule has 0 spiro atoms. The van der Waals surface area contributed by atoms with Gasteiger partial charge in [0.15, 0.2) is 0 Å². The summed E-state index contributed by atoms with van der Waals surface area (Å²) < 4.78 is 32.6. The van der Waals surface area contributed by atoms with Crippen molar-refractivity contribution in [3.05, 3.63) is 22.7 Å². The van der Waals surface area contributed by atoms with Crippen LogP contribution in [-0.4, -0.2) is 33.9 Å². The number of nitrogens with one attached hydrogen (secondary N) is 2. The van der Waals surface area contributed by atoms with Crippen molar-refractivity contribution in [3.63, 3.8) is 0 Å². The lowest BCUT2D eigenvalue weighted by Crippen LogP contribution is -2.34. The summed E-state index contributed by atoms with van der Waals surface area (Å²) in [5, 5.41) is 2.50. The van der Waals surface area contributed by atoms with E-state index in [0.717, 1.165) is 6.54 Å². The molecule has 1 atom stereocenters. The lowest BCUT2D eigenvalue weighted by atomic mass is 10.3. The molecule has 0 saturated heterocycles. The van der Waals surface area contributed by atoms with Crippen molar-refractivity contribution in [1.29, 1.82) is 0 Å². The lowest BCUT2D eigenvalue weighted by molar-refractivity contribution is 0.415. The van der Waals surface area contributed by atoms with Crippen molar-refractivity contribution in [3.8, 4) is 5.75 Å². The average Bonchev–Trinajstić information content (AvgIpc) is 2.38. The van der Waals surface area contributed by atoms with Gasteiger partial charge in [-0.2, -0.15) is 0 Å². The normalized spacial score (nSPS) is 13.1. The number of hydrogen-bond donors (Lipinski definition) is 2. The minimum absolute atomic E-state index is 0.410. The Labute approximate surface area is 122 Å². The van der Waals surface area contributed by atoms with Crippen LogP contribution in [0.1, 0.15) is 13.8 Å². The van der Waals surface area contributed by atoms with Gasteiger partial charge in [0, 0.05) is 17.1 Å². The van der Waals surface area contributed by atoms with E-state index in [1.807, 2.05) is 6.92 Å². The number of rotatable bonds is 7. The van der Waals surface area contributed by atoms with Gasteiger partial charge in [0.05, 0.1) is 18.0 Å². The molecule has 0 aromatic heterocycles. The van der Waals surface area contributed by atoms with Gasteiger partial charge in [0.2, 0.25) is 10.0 Å². The molecule has 7 heteroatoms. The molecule has 0 amide bonds. The molecular weight excluding hydrogens is 332 g/mol. The molecule has 2 N–H and O–H groups in total. The van der Waals surface area contributed by atoms with Gasteiger partial charge in [0.25, 0.3) is 0 Å². The summed E-state index contributed by atoms with van der Waals surface area (Å²) in [6.45, 7) is 4.75. The predicted octanol–water partition coefficient (Wildman–Crippen LogP) is 2.20. The number of methoxy groups -OCH3 is 1. The maximum atomic E-state index is 12.1. The third-order valence-electron chi connectivity index (χ3n) is 2.64. The maximum absolute atomic E-state index is 12.1. The second-order valence-electron chi connectivity index (χ2n) is 4.11. The van der Waals surface area contributed by atoms with E-state index in [-0.39, 0.29) is 0 Å². The zero-order valence-electron chi connectivity index (χ0n) is 11.2. The predicted molar refractivity (Wildman–Crippen MR) is 81.2 cm³/mol. The van der Waals surface area contributed by atoms with E-state index in [2.05, 4.69) is 26.0 Å². The van der Waals surface area contributed by atoms with E-state index < -0.39 is 15.3 Å². The summed E-state index contributed by atoms with van der Waals surface area (Å²) in [5.74, 6) is 0.597. The number of benzene rings is 1. The number of hydrogen-bond acceptors (Lipinski definition) is 4. The van der Waals surface area contributed by atoms with Crippen LogP contribution in [0.5, 0.6) is 5.75 Å². The summed E-state index contributed by atoms with van der Waals surface area (Å²) in [4.78, 5) is 0. The van der Waals surface area contributed by atoms with Gasteiger partial charge >= 0.3 is 0 Å². The van der Waals surface area contributed by atoms with E-state index >= 15 is 0 Å². The summed E-state index contributed by atoms with van der Waals surface area (Å²) in [5.41, 5.74) is 0.475. The Morgan fingerprint density at radius 2 is 2.11 bits per heavy atom. The van der Waals surface area contributed by atoms with Crippen molar-refractivity contribution in [2.45, 2.75) is 19.1 Å². The summed E-state index contributed by atoms with van der Waals surface area (Å²) >= 11 is 3.32. The van der Waals surface area contributed by atoms with Crippen LogP contribution in [0, 0.1) is 0 Å². The van der Waals surface area contributed by atoms with Crippen molar-refractivity contribution in [2.75, 3.05) is 24.9 Å². The highest BCUT2D eigenvalue weighted by molar-refractivity contribution is 9.10. The van der Waals surface area contributed by atoms with Crippen molar-refractivity contribution < 1.29 is 13.2 Å². The fourth-order valence-electron chi connectivity index (χ4n) is 1.42. The average molecular weight is 351 g/mol. The van der Waals surface area contributed by atoms with E-state index in [4.69, 9.17) is 4.74 Å². The largest absolute Gasteiger partial charge is 0.497 e. The first kappa shape index (κ1) is 16.3. The smallest absolute Gasteiger partial charge is 0.236 e. The molecule has 0 saturated carbocycles. The first-order valence-corrected chi connectivity index (χ1v) is 8.30. The highest BCUT2D eigenvalue weighted by Crippen LogP contribution is 2.28. The van der Waals surface area contributed by atoms with Crippen molar-refractivity contribution >= 4 is 31.6 Å². The Balaban J connectivity index is 2.88. The van der Waals surface area contributed by atoms with Gasteiger partial charge in [-0.15, -0.1) is 0 Å². The minimum Gasteiger partial charge on any atom is -0.497 e.